The van der Waals surface area contributed by atoms with Crippen molar-refractivity contribution in [2.75, 3.05) is 12.8 Å². The Morgan fingerprint density at radius 1 is 1.39 bits per heavy atom. The van der Waals surface area contributed by atoms with E-state index in [2.05, 4.69) is 25.8 Å². The minimum atomic E-state index is -0.607. The van der Waals surface area contributed by atoms with Crippen molar-refractivity contribution < 1.29 is 14.3 Å². The highest BCUT2D eigenvalue weighted by molar-refractivity contribution is 9.10. The molecule has 2 N–H and O–H groups in total. The van der Waals surface area contributed by atoms with Gasteiger partial charge in [-0.05, 0) is 28.1 Å². The third kappa shape index (κ3) is 3.95. The maximum atomic E-state index is 12.1. The molecule has 2 rings (SSSR count). The number of methoxy groups -OCH3 is 1. The summed E-state index contributed by atoms with van der Waals surface area (Å²) in [5.41, 5.74) is 5.41. The molecule has 0 saturated carbocycles. The Labute approximate surface area is 149 Å². The highest BCUT2D eigenvalue weighted by Gasteiger charge is 2.16. The number of benzene rings is 1. The van der Waals surface area contributed by atoms with E-state index in [1.165, 1.54) is 25.4 Å². The van der Waals surface area contributed by atoms with Crippen molar-refractivity contribution in [1.29, 1.82) is 0 Å². The molecule has 0 aliphatic heterocycles. The van der Waals surface area contributed by atoms with E-state index in [9.17, 15) is 9.59 Å². The molecule has 1 aromatic heterocycles. The molecule has 7 nitrogen and oxygen atoms in total. The summed E-state index contributed by atoms with van der Waals surface area (Å²) in [7, 11) is 1.21. The first-order valence-electron chi connectivity index (χ1n) is 6.08. The quantitative estimate of drug-likeness (QED) is 0.601. The van der Waals surface area contributed by atoms with Gasteiger partial charge in [0.15, 0.2) is 11.5 Å². The first-order valence-corrected chi connectivity index (χ1v) is 7.63. The number of hydrogen-bond donors (Lipinski definition) is 1. The average Bonchev–Trinajstić information content (AvgIpc) is 2.49. The molecule has 0 fully saturated rings. The summed E-state index contributed by atoms with van der Waals surface area (Å²) >= 11 is 15.2. The van der Waals surface area contributed by atoms with Crippen LogP contribution in [0.25, 0.3) is 0 Å². The van der Waals surface area contributed by atoms with Crippen molar-refractivity contribution >= 4 is 50.8 Å². The van der Waals surface area contributed by atoms with Crippen molar-refractivity contribution in [2.45, 2.75) is 6.54 Å². The molecule has 1 aromatic carbocycles. The molecule has 2 aromatic rings. The van der Waals surface area contributed by atoms with Gasteiger partial charge in [-0.25, -0.2) is 4.68 Å². The van der Waals surface area contributed by atoms with E-state index in [4.69, 9.17) is 33.7 Å². The summed E-state index contributed by atoms with van der Waals surface area (Å²) in [6.45, 7) is -0.322. The molecule has 10 heteroatoms. The average molecular weight is 423 g/mol. The number of aromatic nitrogens is 2. The molecular weight excluding hydrogens is 413 g/mol. The molecule has 122 valence electrons. The number of carbonyl (C=O) groups is 1. The zero-order chi connectivity index (χ0) is 17.1. The van der Waals surface area contributed by atoms with Crippen LogP contribution in [-0.4, -0.2) is 22.9 Å². The zero-order valence-corrected chi connectivity index (χ0v) is 14.8. The number of anilines is 1. The summed E-state index contributed by atoms with van der Waals surface area (Å²) < 4.78 is 11.0. The molecule has 0 atom stereocenters. The third-order valence-electron chi connectivity index (χ3n) is 2.69. The van der Waals surface area contributed by atoms with Gasteiger partial charge in [0.25, 0.3) is 5.56 Å². The van der Waals surface area contributed by atoms with Gasteiger partial charge in [0.05, 0.1) is 23.4 Å². The number of esters is 1. The van der Waals surface area contributed by atoms with Gasteiger partial charge in [0.2, 0.25) is 0 Å². The van der Waals surface area contributed by atoms with Crippen molar-refractivity contribution in [3.8, 4) is 11.5 Å². The molecule has 1 heterocycles. The molecule has 0 aliphatic carbocycles. The van der Waals surface area contributed by atoms with Gasteiger partial charge in [-0.2, -0.15) is 5.10 Å². The minimum Gasteiger partial charge on any atom is -0.468 e. The Kier molecular flexibility index (Phi) is 5.51. The van der Waals surface area contributed by atoms with Crippen LogP contribution in [0.5, 0.6) is 11.5 Å². The summed E-state index contributed by atoms with van der Waals surface area (Å²) in [4.78, 5) is 23.4. The second kappa shape index (κ2) is 7.20. The van der Waals surface area contributed by atoms with Crippen molar-refractivity contribution in [3.63, 3.8) is 0 Å². The number of carbonyl (C=O) groups excluding carboxylic acids is 1. The Morgan fingerprint density at radius 2 is 2.00 bits per heavy atom. The molecule has 23 heavy (non-hydrogen) atoms. The number of hydrogen-bond acceptors (Lipinski definition) is 6. The lowest BCUT2D eigenvalue weighted by Gasteiger charge is -2.12. The number of nitrogens with zero attached hydrogens (tertiary/aromatic N) is 2. The molecule has 0 unspecified atom stereocenters. The second-order valence-corrected chi connectivity index (χ2v) is 5.88. The van der Waals surface area contributed by atoms with Gasteiger partial charge in [-0.15, -0.1) is 0 Å². The fraction of sp³-hybridized carbons (Fsp3) is 0.154. The highest BCUT2D eigenvalue weighted by atomic mass is 79.9. The Hall–Kier alpha value is -1.77. The molecule has 0 radical (unpaired) electrons. The van der Waals surface area contributed by atoms with Crippen LogP contribution in [0.3, 0.4) is 0 Å². The van der Waals surface area contributed by atoms with Crippen LogP contribution in [0.1, 0.15) is 0 Å². The van der Waals surface area contributed by atoms with Crippen LogP contribution in [0, 0.1) is 0 Å². The van der Waals surface area contributed by atoms with Crippen LogP contribution in [0.4, 0.5) is 5.69 Å². The van der Waals surface area contributed by atoms with E-state index in [1.54, 1.807) is 0 Å². The molecule has 0 saturated heterocycles. The fourth-order valence-electron chi connectivity index (χ4n) is 1.61. The number of rotatable bonds is 4. The lowest BCUT2D eigenvalue weighted by atomic mass is 10.3. The highest BCUT2D eigenvalue weighted by Crippen LogP contribution is 2.39. The van der Waals surface area contributed by atoms with Gasteiger partial charge < -0.3 is 15.2 Å². The van der Waals surface area contributed by atoms with Crippen LogP contribution in [0.2, 0.25) is 10.0 Å². The van der Waals surface area contributed by atoms with Gasteiger partial charge in [0.1, 0.15) is 11.0 Å². The molecule has 0 aliphatic rings. The lowest BCUT2D eigenvalue weighted by Crippen LogP contribution is -2.27. The van der Waals surface area contributed by atoms with Gasteiger partial charge in [-0.3, -0.25) is 9.59 Å². The third-order valence-corrected chi connectivity index (χ3v) is 3.98. The summed E-state index contributed by atoms with van der Waals surface area (Å²) in [5.74, 6) is -0.385. The van der Waals surface area contributed by atoms with E-state index in [0.29, 0.717) is 5.69 Å². The van der Waals surface area contributed by atoms with Crippen molar-refractivity contribution in [3.05, 3.63) is 43.2 Å². The Bertz CT molecular complexity index is 802. The maximum absolute atomic E-state index is 12.1. The first-order chi connectivity index (χ1) is 10.8. The van der Waals surface area contributed by atoms with Crippen LogP contribution >= 0.6 is 39.1 Å². The number of halogens is 3. The van der Waals surface area contributed by atoms with Crippen LogP contribution in [0.15, 0.2) is 27.6 Å². The zero-order valence-electron chi connectivity index (χ0n) is 11.7. The SMILES string of the molecule is COC(=O)Cn1ncc(Oc2c(Cl)cc(N)cc2Cl)c(Br)c1=O. The van der Waals surface area contributed by atoms with Crippen molar-refractivity contribution in [1.82, 2.24) is 9.78 Å². The fourth-order valence-corrected chi connectivity index (χ4v) is 2.58. The predicted molar refractivity (Wildman–Crippen MR) is 89.2 cm³/mol. The van der Waals surface area contributed by atoms with Gasteiger partial charge in [0, 0.05) is 5.69 Å². The number of nitrogen functional groups attached to an aromatic ring is 1. The van der Waals surface area contributed by atoms with E-state index in [0.717, 1.165) is 4.68 Å². The predicted octanol–water partition coefficient (Wildman–Crippen LogP) is 2.86. The number of nitrogens with two attached hydrogens (primary N) is 1. The smallest absolute Gasteiger partial charge is 0.327 e. The van der Waals surface area contributed by atoms with Crippen LogP contribution in [-0.2, 0) is 16.1 Å². The van der Waals surface area contributed by atoms with E-state index in [-0.39, 0.29) is 32.6 Å². The Balaban J connectivity index is 2.38. The lowest BCUT2D eigenvalue weighted by molar-refractivity contribution is -0.141. The van der Waals surface area contributed by atoms with Crippen molar-refractivity contribution in [2.24, 2.45) is 0 Å². The monoisotopic (exact) mass is 421 g/mol. The van der Waals surface area contributed by atoms with E-state index < -0.39 is 11.5 Å². The summed E-state index contributed by atoms with van der Waals surface area (Å²) in [5, 5.41) is 4.20. The summed E-state index contributed by atoms with van der Waals surface area (Å²) in [6, 6.07) is 2.92. The van der Waals surface area contributed by atoms with E-state index >= 15 is 0 Å². The largest absolute Gasteiger partial charge is 0.468 e. The Morgan fingerprint density at radius 3 is 2.57 bits per heavy atom. The second-order valence-electron chi connectivity index (χ2n) is 4.28. The topological polar surface area (TPSA) is 96.4 Å². The number of ether oxygens (including phenoxy) is 2. The van der Waals surface area contributed by atoms with E-state index in [1.807, 2.05) is 0 Å². The molecule has 0 bridgehead atoms. The normalized spacial score (nSPS) is 10.4. The van der Waals surface area contributed by atoms with Gasteiger partial charge >= 0.3 is 5.97 Å². The molecule has 0 spiro atoms. The maximum Gasteiger partial charge on any atom is 0.327 e. The summed E-state index contributed by atoms with van der Waals surface area (Å²) in [6.07, 6.45) is 1.25. The van der Waals surface area contributed by atoms with Crippen LogP contribution < -0.4 is 16.0 Å². The molecular formula is C13H10BrCl2N3O4. The first kappa shape index (κ1) is 17.6. The standard InChI is InChI=1S/C13H10BrCl2N3O4/c1-22-10(20)5-19-13(21)11(14)9(4-18-19)23-12-7(15)2-6(17)3-8(12)16/h2-4H,5,17H2,1H3. The minimum absolute atomic E-state index is 0.0559. The van der Waals surface area contributed by atoms with Gasteiger partial charge in [-0.1, -0.05) is 23.2 Å². The molecule has 0 amide bonds.